The zero-order valence-corrected chi connectivity index (χ0v) is 22.6. The van der Waals surface area contributed by atoms with Gasteiger partial charge in [-0.3, -0.25) is 9.69 Å². The molecule has 0 saturated carbocycles. The number of anilines is 1. The van der Waals surface area contributed by atoms with E-state index in [1.165, 1.54) is 4.90 Å². The average Bonchev–Trinajstić information content (AvgIpc) is 3.39. The predicted molar refractivity (Wildman–Crippen MR) is 136 cm³/mol. The molecule has 1 fully saturated rings. The van der Waals surface area contributed by atoms with Gasteiger partial charge in [-0.2, -0.15) is 0 Å². The summed E-state index contributed by atoms with van der Waals surface area (Å²) in [5.74, 6) is -2.09. The largest absolute Gasteiger partial charge is 0.480 e. The van der Waals surface area contributed by atoms with Crippen molar-refractivity contribution in [1.82, 2.24) is 15.1 Å². The Labute approximate surface area is 217 Å². The Morgan fingerprint density at radius 3 is 2.38 bits per heavy atom. The van der Waals surface area contributed by atoms with Gasteiger partial charge in [0.1, 0.15) is 23.8 Å². The number of nitrogens with zero attached hydrogens (tertiary/aromatic N) is 3. The fourth-order valence-corrected chi connectivity index (χ4v) is 4.66. The number of ether oxygens (including phenoxy) is 2. The van der Waals surface area contributed by atoms with Gasteiger partial charge in [0, 0.05) is 32.7 Å². The summed E-state index contributed by atoms with van der Waals surface area (Å²) < 4.78 is 10.9. The summed E-state index contributed by atoms with van der Waals surface area (Å²) in [5, 5.41) is 12.4. The van der Waals surface area contributed by atoms with Crippen LogP contribution in [-0.4, -0.2) is 83.4 Å². The van der Waals surface area contributed by atoms with Gasteiger partial charge in [-0.1, -0.05) is 26.0 Å². The zero-order valence-electron chi connectivity index (χ0n) is 22.6. The second-order valence-corrected chi connectivity index (χ2v) is 11.1. The van der Waals surface area contributed by atoms with Crippen molar-refractivity contribution in [3.8, 4) is 0 Å². The minimum absolute atomic E-state index is 0.0339. The van der Waals surface area contributed by atoms with Crippen molar-refractivity contribution in [2.45, 2.75) is 77.9 Å². The summed E-state index contributed by atoms with van der Waals surface area (Å²) in [4.78, 5) is 55.4. The van der Waals surface area contributed by atoms with Gasteiger partial charge in [0.15, 0.2) is 0 Å². The Morgan fingerprint density at radius 1 is 1.14 bits per heavy atom. The van der Waals surface area contributed by atoms with E-state index in [-0.39, 0.29) is 18.9 Å². The highest BCUT2D eigenvalue weighted by atomic mass is 16.6. The number of aliphatic carboxylic acids is 1. The summed E-state index contributed by atoms with van der Waals surface area (Å²) in [6, 6.07) is 3.72. The van der Waals surface area contributed by atoms with Gasteiger partial charge >= 0.3 is 18.2 Å². The molecule has 0 unspecified atom stereocenters. The molecule has 0 aliphatic carbocycles. The first-order chi connectivity index (χ1) is 17.2. The monoisotopic (exact) mass is 518 g/mol. The van der Waals surface area contributed by atoms with E-state index in [1.807, 2.05) is 37.2 Å². The summed E-state index contributed by atoms with van der Waals surface area (Å²) in [6.07, 6.45) is -2.15. The van der Waals surface area contributed by atoms with Gasteiger partial charge in [0.05, 0.1) is 13.1 Å². The highest BCUT2D eigenvalue weighted by molar-refractivity contribution is 5.90. The SMILES string of the molecule is CC(C)[C@H](NC(=O)OC(C)(C)C)C(=O)N1C[C@H](OC(=O)N2Cc3cccc(N(C)C)c3C2)C[C@H]1C(=O)O. The number of likely N-dealkylation sites (tertiary alicyclic amines) is 1. The normalized spacial score (nSPS) is 19.9. The van der Waals surface area contributed by atoms with Crippen LogP contribution in [0.25, 0.3) is 0 Å². The Hall–Kier alpha value is -3.50. The number of carbonyl (C=O) groups excluding carboxylic acids is 3. The molecule has 1 saturated heterocycles. The van der Waals surface area contributed by atoms with Gasteiger partial charge in [-0.05, 0) is 43.9 Å². The van der Waals surface area contributed by atoms with Gasteiger partial charge in [0.25, 0.3) is 0 Å². The first-order valence-corrected chi connectivity index (χ1v) is 12.4. The van der Waals surface area contributed by atoms with Crippen molar-refractivity contribution in [3.63, 3.8) is 0 Å². The summed E-state index contributed by atoms with van der Waals surface area (Å²) in [5.41, 5.74) is 2.34. The van der Waals surface area contributed by atoms with Crippen molar-refractivity contribution in [2.24, 2.45) is 5.92 Å². The average molecular weight is 519 g/mol. The lowest BCUT2D eigenvalue weighted by atomic mass is 10.0. The molecule has 1 aromatic carbocycles. The molecular formula is C26H38N4O7. The molecule has 2 aliphatic rings. The highest BCUT2D eigenvalue weighted by Gasteiger charge is 2.45. The molecule has 0 aromatic heterocycles. The van der Waals surface area contributed by atoms with Crippen LogP contribution >= 0.6 is 0 Å². The standard InChI is InChI=1S/C26H38N4O7/c1-15(2)21(27-24(34)37-26(3,4)5)22(31)30-13-17(11-20(30)23(32)33)36-25(35)29-12-16-9-8-10-19(28(6)7)18(16)14-29/h8-10,15,17,20-21H,11-14H2,1-7H3,(H,27,34)(H,32,33)/t17-,20+,21+/m1/s1. The molecule has 0 spiro atoms. The third-order valence-electron chi connectivity index (χ3n) is 6.40. The van der Waals surface area contributed by atoms with E-state index in [2.05, 4.69) is 5.32 Å². The number of rotatable bonds is 6. The van der Waals surface area contributed by atoms with Crippen LogP contribution in [0.3, 0.4) is 0 Å². The molecule has 2 heterocycles. The third kappa shape index (κ3) is 6.64. The molecule has 3 amide bonds. The molecule has 2 aliphatic heterocycles. The van der Waals surface area contributed by atoms with Crippen LogP contribution in [0.4, 0.5) is 15.3 Å². The van der Waals surface area contributed by atoms with E-state index in [4.69, 9.17) is 9.47 Å². The number of alkyl carbamates (subject to hydrolysis) is 1. The third-order valence-corrected chi connectivity index (χ3v) is 6.40. The number of fused-ring (bicyclic) bond motifs is 1. The maximum absolute atomic E-state index is 13.4. The van der Waals surface area contributed by atoms with Crippen molar-refractivity contribution in [2.75, 3.05) is 25.5 Å². The molecule has 3 atom stereocenters. The molecule has 3 rings (SSSR count). The Bertz CT molecular complexity index is 1050. The van der Waals surface area contributed by atoms with Gasteiger partial charge in [0.2, 0.25) is 5.91 Å². The van der Waals surface area contributed by atoms with Crippen molar-refractivity contribution in [1.29, 1.82) is 0 Å². The zero-order chi connectivity index (χ0) is 27.7. The number of carbonyl (C=O) groups is 4. The van der Waals surface area contributed by atoms with Crippen LogP contribution in [0, 0.1) is 5.92 Å². The van der Waals surface area contributed by atoms with Crippen LogP contribution < -0.4 is 10.2 Å². The Kier molecular flexibility index (Phi) is 8.24. The first-order valence-electron chi connectivity index (χ1n) is 12.4. The second-order valence-electron chi connectivity index (χ2n) is 11.1. The fourth-order valence-electron chi connectivity index (χ4n) is 4.66. The number of carboxylic acid groups (broad SMARTS) is 1. The van der Waals surface area contributed by atoms with Crippen molar-refractivity contribution in [3.05, 3.63) is 29.3 Å². The molecule has 0 radical (unpaired) electrons. The summed E-state index contributed by atoms with van der Waals surface area (Å²) in [6.45, 7) is 9.31. The maximum Gasteiger partial charge on any atom is 0.410 e. The molecule has 1 aromatic rings. The number of hydrogen-bond donors (Lipinski definition) is 2. The lowest BCUT2D eigenvalue weighted by Crippen LogP contribution is -2.54. The molecule has 2 N–H and O–H groups in total. The van der Waals surface area contributed by atoms with Gasteiger partial charge in [-0.25, -0.2) is 14.4 Å². The van der Waals surface area contributed by atoms with Crippen molar-refractivity contribution < 1.29 is 33.8 Å². The van der Waals surface area contributed by atoms with Crippen molar-refractivity contribution >= 4 is 29.8 Å². The summed E-state index contributed by atoms with van der Waals surface area (Å²) in [7, 11) is 3.88. The minimum atomic E-state index is -1.20. The van der Waals surface area contributed by atoms with Crippen LogP contribution in [0.15, 0.2) is 18.2 Å². The van der Waals surface area contributed by atoms with E-state index >= 15 is 0 Å². The van der Waals surface area contributed by atoms with Crippen LogP contribution in [0.5, 0.6) is 0 Å². The molecule has 11 heteroatoms. The van der Waals surface area contributed by atoms with Gasteiger partial charge < -0.3 is 29.7 Å². The van der Waals surface area contributed by atoms with E-state index in [0.29, 0.717) is 13.1 Å². The fraction of sp³-hybridized carbons (Fsp3) is 0.615. The van der Waals surface area contributed by atoms with E-state index < -0.39 is 47.9 Å². The predicted octanol–water partition coefficient (Wildman–Crippen LogP) is 2.81. The molecule has 11 nitrogen and oxygen atoms in total. The van der Waals surface area contributed by atoms with Crippen LogP contribution in [0.1, 0.15) is 52.2 Å². The smallest absolute Gasteiger partial charge is 0.410 e. The number of hydrogen-bond acceptors (Lipinski definition) is 7. The Morgan fingerprint density at radius 2 is 1.81 bits per heavy atom. The number of carboxylic acids is 1. The molecule has 37 heavy (non-hydrogen) atoms. The quantitative estimate of drug-likeness (QED) is 0.588. The number of benzene rings is 1. The molecule has 0 bridgehead atoms. The van der Waals surface area contributed by atoms with Crippen LogP contribution in [-0.2, 0) is 32.2 Å². The topological polar surface area (TPSA) is 129 Å². The Balaban J connectivity index is 1.68. The van der Waals surface area contributed by atoms with Gasteiger partial charge in [-0.15, -0.1) is 0 Å². The number of amides is 3. The molecular weight excluding hydrogens is 480 g/mol. The highest BCUT2D eigenvalue weighted by Crippen LogP contribution is 2.32. The van der Waals surface area contributed by atoms with Crippen LogP contribution in [0.2, 0.25) is 0 Å². The van der Waals surface area contributed by atoms with E-state index in [9.17, 15) is 24.3 Å². The van der Waals surface area contributed by atoms with E-state index in [0.717, 1.165) is 16.8 Å². The maximum atomic E-state index is 13.4. The number of nitrogens with one attached hydrogen (secondary N) is 1. The first kappa shape index (κ1) is 28.1. The lowest BCUT2D eigenvalue weighted by molar-refractivity contribution is -0.149. The second kappa shape index (κ2) is 10.9. The minimum Gasteiger partial charge on any atom is -0.480 e. The molecule has 204 valence electrons. The van der Waals surface area contributed by atoms with E-state index in [1.54, 1.807) is 39.5 Å². The summed E-state index contributed by atoms with van der Waals surface area (Å²) >= 11 is 0. The lowest BCUT2D eigenvalue weighted by Gasteiger charge is -2.30.